The van der Waals surface area contributed by atoms with Crippen LogP contribution < -0.4 is 0 Å². The first-order valence-electron chi connectivity index (χ1n) is 4.32. The highest BCUT2D eigenvalue weighted by Gasteiger charge is 2.55. The van der Waals surface area contributed by atoms with Gasteiger partial charge in [-0.05, 0) is 6.92 Å². The van der Waals surface area contributed by atoms with Crippen molar-refractivity contribution in [3.8, 4) is 0 Å². The van der Waals surface area contributed by atoms with Crippen LogP contribution in [-0.4, -0.2) is 63.7 Å². The Balaban J connectivity index is 2.97. The van der Waals surface area contributed by atoms with Crippen LogP contribution >= 0.6 is 0 Å². The Bertz CT molecular complexity index is 253. The number of ether oxygens (including phenoxy) is 2. The SMILES string of the molecule is CO[C@H]1OC(C)(C(=O)O)C(O)C(O)C1O. The molecule has 0 bridgehead atoms. The summed E-state index contributed by atoms with van der Waals surface area (Å²) in [7, 11) is 1.20. The Labute approximate surface area is 85.9 Å². The van der Waals surface area contributed by atoms with Crippen molar-refractivity contribution >= 4 is 5.97 Å². The number of hydrogen-bond acceptors (Lipinski definition) is 6. The van der Waals surface area contributed by atoms with Crippen molar-refractivity contribution < 1.29 is 34.7 Å². The Morgan fingerprint density at radius 3 is 2.27 bits per heavy atom. The number of carboxylic acids is 1. The lowest BCUT2D eigenvalue weighted by Gasteiger charge is -2.43. The van der Waals surface area contributed by atoms with Crippen molar-refractivity contribution in [2.24, 2.45) is 0 Å². The fraction of sp³-hybridized carbons (Fsp3) is 0.875. The number of aliphatic hydroxyl groups is 3. The summed E-state index contributed by atoms with van der Waals surface area (Å²) in [6, 6.07) is 0. The van der Waals surface area contributed by atoms with Gasteiger partial charge in [-0.1, -0.05) is 0 Å². The van der Waals surface area contributed by atoms with Gasteiger partial charge >= 0.3 is 5.97 Å². The molecule has 1 heterocycles. The van der Waals surface area contributed by atoms with Gasteiger partial charge in [-0.3, -0.25) is 0 Å². The van der Waals surface area contributed by atoms with Gasteiger partial charge in [0.2, 0.25) is 0 Å². The van der Waals surface area contributed by atoms with Crippen LogP contribution in [0.4, 0.5) is 0 Å². The summed E-state index contributed by atoms with van der Waals surface area (Å²) in [6.07, 6.45) is -6.14. The predicted molar refractivity (Wildman–Crippen MR) is 45.9 cm³/mol. The smallest absolute Gasteiger partial charge is 0.338 e. The molecule has 88 valence electrons. The number of carbonyl (C=O) groups is 1. The van der Waals surface area contributed by atoms with Crippen molar-refractivity contribution in [2.75, 3.05) is 7.11 Å². The minimum Gasteiger partial charge on any atom is -0.479 e. The van der Waals surface area contributed by atoms with Gasteiger partial charge in [-0.2, -0.15) is 0 Å². The summed E-state index contributed by atoms with van der Waals surface area (Å²) < 4.78 is 9.56. The quantitative estimate of drug-likeness (QED) is 0.423. The van der Waals surface area contributed by atoms with Crippen molar-refractivity contribution in [1.29, 1.82) is 0 Å². The Hall–Kier alpha value is -0.730. The number of rotatable bonds is 2. The van der Waals surface area contributed by atoms with E-state index in [2.05, 4.69) is 4.74 Å². The molecule has 0 aromatic rings. The highest BCUT2D eigenvalue weighted by Crippen LogP contribution is 2.30. The van der Waals surface area contributed by atoms with Crippen LogP contribution in [0.15, 0.2) is 0 Å². The van der Waals surface area contributed by atoms with E-state index < -0.39 is 36.2 Å². The van der Waals surface area contributed by atoms with Crippen LogP contribution in [0.3, 0.4) is 0 Å². The minimum absolute atomic E-state index is 1.10. The second kappa shape index (κ2) is 4.03. The second-order valence-corrected chi connectivity index (χ2v) is 3.56. The lowest BCUT2D eigenvalue weighted by atomic mass is 9.88. The standard InChI is InChI=1S/C8H14O7/c1-8(7(12)13)5(11)3(9)4(10)6(14-2)15-8/h3-6,9-11H,1-2H3,(H,12,13)/t3?,4?,5?,6-,8?/m0/s1. The van der Waals surface area contributed by atoms with Gasteiger partial charge in [0.25, 0.3) is 0 Å². The van der Waals surface area contributed by atoms with Crippen molar-refractivity contribution in [3.05, 3.63) is 0 Å². The molecule has 1 fully saturated rings. The third-order valence-electron chi connectivity index (χ3n) is 2.53. The van der Waals surface area contributed by atoms with Gasteiger partial charge in [0.15, 0.2) is 11.9 Å². The van der Waals surface area contributed by atoms with E-state index in [1.807, 2.05) is 0 Å². The van der Waals surface area contributed by atoms with Crippen LogP contribution in [0.5, 0.6) is 0 Å². The lowest BCUT2D eigenvalue weighted by molar-refractivity contribution is -0.316. The number of hydrogen-bond donors (Lipinski definition) is 4. The molecule has 1 aliphatic heterocycles. The van der Waals surface area contributed by atoms with Crippen molar-refractivity contribution in [2.45, 2.75) is 37.1 Å². The van der Waals surface area contributed by atoms with E-state index in [1.165, 1.54) is 7.11 Å². The highest BCUT2D eigenvalue weighted by atomic mass is 16.7. The highest BCUT2D eigenvalue weighted by molar-refractivity contribution is 5.78. The first-order valence-corrected chi connectivity index (χ1v) is 4.32. The topological polar surface area (TPSA) is 116 Å². The zero-order valence-electron chi connectivity index (χ0n) is 8.32. The molecule has 1 rings (SSSR count). The van der Waals surface area contributed by atoms with E-state index in [0.29, 0.717) is 0 Å². The molecule has 0 aromatic carbocycles. The largest absolute Gasteiger partial charge is 0.479 e. The Kier molecular flexibility index (Phi) is 3.31. The van der Waals surface area contributed by atoms with Crippen LogP contribution in [0, 0.1) is 0 Å². The molecular formula is C8H14O7. The molecule has 0 aromatic heterocycles. The van der Waals surface area contributed by atoms with Crippen LogP contribution in [0.25, 0.3) is 0 Å². The zero-order chi connectivity index (χ0) is 11.8. The molecule has 0 radical (unpaired) electrons. The normalized spacial score (nSPS) is 46.5. The lowest BCUT2D eigenvalue weighted by Crippen LogP contribution is -2.66. The third-order valence-corrected chi connectivity index (χ3v) is 2.53. The molecule has 1 saturated heterocycles. The third kappa shape index (κ3) is 1.84. The predicted octanol–water partition coefficient (Wildman–Crippen LogP) is -2.08. The molecule has 0 aliphatic carbocycles. The number of aliphatic hydroxyl groups excluding tert-OH is 3. The fourth-order valence-corrected chi connectivity index (χ4v) is 1.42. The maximum atomic E-state index is 10.9. The summed E-state index contributed by atoms with van der Waals surface area (Å²) in [5.41, 5.74) is -2.00. The Morgan fingerprint density at radius 2 is 1.87 bits per heavy atom. The molecule has 1 aliphatic rings. The van der Waals surface area contributed by atoms with E-state index in [4.69, 9.17) is 9.84 Å². The van der Waals surface area contributed by atoms with E-state index >= 15 is 0 Å². The molecule has 15 heavy (non-hydrogen) atoms. The van der Waals surface area contributed by atoms with Gasteiger partial charge in [-0.25, -0.2) is 4.79 Å². The van der Waals surface area contributed by atoms with Crippen LogP contribution in [0.2, 0.25) is 0 Å². The minimum atomic E-state index is -2.00. The molecule has 4 N–H and O–H groups in total. The molecule has 0 amide bonds. The van der Waals surface area contributed by atoms with Gasteiger partial charge in [0, 0.05) is 7.11 Å². The molecule has 0 spiro atoms. The van der Waals surface area contributed by atoms with E-state index in [-0.39, 0.29) is 0 Å². The van der Waals surface area contributed by atoms with Crippen LogP contribution in [-0.2, 0) is 14.3 Å². The zero-order valence-corrected chi connectivity index (χ0v) is 8.32. The molecule has 7 heteroatoms. The number of methoxy groups -OCH3 is 1. The molecule has 0 saturated carbocycles. The van der Waals surface area contributed by atoms with E-state index in [1.54, 1.807) is 0 Å². The Morgan fingerprint density at radius 1 is 1.33 bits per heavy atom. The van der Waals surface area contributed by atoms with Gasteiger partial charge in [-0.15, -0.1) is 0 Å². The summed E-state index contributed by atoms with van der Waals surface area (Å²) in [6.45, 7) is 1.10. The van der Waals surface area contributed by atoms with E-state index in [9.17, 15) is 20.1 Å². The first kappa shape index (κ1) is 12.3. The average Bonchev–Trinajstić information content (AvgIpc) is 2.20. The second-order valence-electron chi connectivity index (χ2n) is 3.56. The van der Waals surface area contributed by atoms with Crippen molar-refractivity contribution in [3.63, 3.8) is 0 Å². The molecule has 4 unspecified atom stereocenters. The first-order chi connectivity index (χ1) is 6.84. The molecular weight excluding hydrogens is 208 g/mol. The molecule has 5 atom stereocenters. The summed E-state index contributed by atoms with van der Waals surface area (Å²) in [4.78, 5) is 10.9. The monoisotopic (exact) mass is 222 g/mol. The molecule has 7 nitrogen and oxygen atoms in total. The number of aliphatic carboxylic acids is 1. The fourth-order valence-electron chi connectivity index (χ4n) is 1.42. The van der Waals surface area contributed by atoms with E-state index in [0.717, 1.165) is 6.92 Å². The van der Waals surface area contributed by atoms with Gasteiger partial charge in [0.1, 0.15) is 18.3 Å². The number of carboxylic acid groups (broad SMARTS) is 1. The summed E-state index contributed by atoms with van der Waals surface area (Å²) in [5.74, 6) is -1.44. The van der Waals surface area contributed by atoms with Crippen LogP contribution in [0.1, 0.15) is 6.92 Å². The maximum absolute atomic E-state index is 10.9. The average molecular weight is 222 g/mol. The summed E-state index contributed by atoms with van der Waals surface area (Å²) >= 11 is 0. The van der Waals surface area contributed by atoms with Gasteiger partial charge in [0.05, 0.1) is 0 Å². The summed E-state index contributed by atoms with van der Waals surface area (Å²) in [5, 5.41) is 37.1. The van der Waals surface area contributed by atoms with Gasteiger partial charge < -0.3 is 29.9 Å². The maximum Gasteiger partial charge on any atom is 0.338 e. The van der Waals surface area contributed by atoms with Crippen molar-refractivity contribution in [1.82, 2.24) is 0 Å².